The molecule has 0 saturated carbocycles. The van der Waals surface area contributed by atoms with Crippen LogP contribution in [-0.2, 0) is 11.8 Å². The molecule has 0 atom stereocenters. The van der Waals surface area contributed by atoms with E-state index in [2.05, 4.69) is 20.9 Å². The summed E-state index contributed by atoms with van der Waals surface area (Å²) in [7, 11) is 0. The number of aromatic nitrogens is 1. The van der Waals surface area contributed by atoms with Crippen LogP contribution < -0.4 is 5.73 Å². The first-order chi connectivity index (χ1) is 7.11. The minimum Gasteiger partial charge on any atom is -0.397 e. The Bertz CT molecular complexity index is 401. The molecule has 0 aliphatic heterocycles. The average Bonchev–Trinajstić information content (AvgIpc) is 2.18. The lowest BCUT2D eigenvalue weighted by molar-refractivity contribution is 0.151. The number of hydrogen-bond acceptors (Lipinski definition) is 3. The summed E-state index contributed by atoms with van der Waals surface area (Å²) in [6, 6.07) is 1.83. The van der Waals surface area contributed by atoms with E-state index in [-0.39, 0.29) is 23.2 Å². The van der Waals surface area contributed by atoms with Gasteiger partial charge < -0.3 is 5.73 Å². The van der Waals surface area contributed by atoms with E-state index in [0.29, 0.717) is 11.0 Å². The molecule has 0 radical (unpaired) electrons. The monoisotopic (exact) mass is 275 g/mol. The number of nitrogens with two attached hydrogens (primary N) is 1. The minimum atomic E-state index is -2.69. The van der Waals surface area contributed by atoms with Gasteiger partial charge >= 0.3 is 0 Å². The summed E-state index contributed by atoms with van der Waals surface area (Å²) in [4.78, 5) is 3.90. The lowest BCUT2D eigenvalue weighted by atomic mass is 10.0. The van der Waals surface area contributed by atoms with Crippen molar-refractivity contribution < 1.29 is 8.78 Å². The van der Waals surface area contributed by atoms with Crippen molar-refractivity contribution in [2.24, 2.45) is 0 Å². The zero-order valence-electron chi connectivity index (χ0n) is 7.67. The Hall–Kier alpha value is -1.22. The van der Waals surface area contributed by atoms with Crippen LogP contribution in [0.1, 0.15) is 23.2 Å². The molecular formula is C9H8BrF2N3. The zero-order valence-corrected chi connectivity index (χ0v) is 9.26. The van der Waals surface area contributed by atoms with E-state index in [1.54, 1.807) is 0 Å². The first-order valence-electron chi connectivity index (χ1n) is 4.09. The molecule has 1 aromatic heterocycles. The first-order valence-corrected chi connectivity index (χ1v) is 5.21. The fourth-order valence-electron chi connectivity index (χ4n) is 1.27. The maximum absolute atomic E-state index is 12.7. The quantitative estimate of drug-likeness (QED) is 0.863. The third-order valence-corrected chi connectivity index (χ3v) is 2.48. The molecule has 0 fully saturated rings. The number of halogens is 3. The molecule has 2 N–H and O–H groups in total. The molecule has 1 aromatic rings. The van der Waals surface area contributed by atoms with Gasteiger partial charge in [-0.15, -0.1) is 0 Å². The first kappa shape index (κ1) is 11.9. The van der Waals surface area contributed by atoms with Crippen molar-refractivity contribution in [3.8, 4) is 6.07 Å². The van der Waals surface area contributed by atoms with Gasteiger partial charge in [-0.2, -0.15) is 5.26 Å². The summed E-state index contributed by atoms with van der Waals surface area (Å²) in [6.07, 6.45) is -1.61. The van der Waals surface area contributed by atoms with Gasteiger partial charge in [0.1, 0.15) is 0 Å². The van der Waals surface area contributed by atoms with Crippen LogP contribution in [0.15, 0.2) is 6.20 Å². The maximum Gasteiger partial charge on any atom is 0.266 e. The summed E-state index contributed by atoms with van der Waals surface area (Å²) in [5, 5.41) is 8.88. The summed E-state index contributed by atoms with van der Waals surface area (Å²) in [6.45, 7) is 0. The van der Waals surface area contributed by atoms with Gasteiger partial charge in [-0.3, -0.25) is 4.98 Å². The minimum absolute atomic E-state index is 0.0695. The smallest absolute Gasteiger partial charge is 0.266 e. The lowest BCUT2D eigenvalue weighted by Gasteiger charge is -2.12. The van der Waals surface area contributed by atoms with Crippen molar-refractivity contribution in [3.05, 3.63) is 23.0 Å². The highest BCUT2D eigenvalue weighted by molar-refractivity contribution is 9.08. The predicted octanol–water partition coefficient (Wildman–Crippen LogP) is 2.56. The van der Waals surface area contributed by atoms with Crippen LogP contribution in [0.4, 0.5) is 14.5 Å². The van der Waals surface area contributed by atoms with Crippen molar-refractivity contribution in [1.82, 2.24) is 4.98 Å². The van der Waals surface area contributed by atoms with Crippen LogP contribution in [-0.4, -0.2) is 4.98 Å². The highest BCUT2D eigenvalue weighted by atomic mass is 79.9. The standard InChI is InChI=1S/C9H8BrF2N3/c10-3-7-5(1-2-13)8(9(11)12)6(14)4-15-7/h4,9H,1,3,14H2. The number of alkyl halides is 3. The third-order valence-electron chi connectivity index (χ3n) is 1.94. The molecule has 80 valence electrons. The van der Waals surface area contributed by atoms with Crippen LogP contribution >= 0.6 is 15.9 Å². The zero-order chi connectivity index (χ0) is 11.4. The van der Waals surface area contributed by atoms with Gasteiger partial charge in [0.15, 0.2) is 0 Å². The fraction of sp³-hybridized carbons (Fsp3) is 0.333. The molecule has 0 saturated heterocycles. The molecule has 0 spiro atoms. The molecule has 0 amide bonds. The summed E-state index contributed by atoms with van der Waals surface area (Å²) in [5.74, 6) is 0. The molecule has 1 heterocycles. The maximum atomic E-state index is 12.7. The van der Waals surface area contributed by atoms with Crippen LogP contribution in [0, 0.1) is 11.3 Å². The third kappa shape index (κ3) is 2.42. The largest absolute Gasteiger partial charge is 0.397 e. The van der Waals surface area contributed by atoms with Crippen LogP contribution in [0.2, 0.25) is 0 Å². The Morgan fingerprint density at radius 3 is 2.73 bits per heavy atom. The SMILES string of the molecule is N#CCc1c(CBr)ncc(N)c1C(F)F. The van der Waals surface area contributed by atoms with Crippen molar-refractivity contribution in [3.63, 3.8) is 0 Å². The number of pyridine rings is 1. The number of hydrogen-bond donors (Lipinski definition) is 1. The van der Waals surface area contributed by atoms with Crippen LogP contribution in [0.3, 0.4) is 0 Å². The Balaban J connectivity index is 3.38. The van der Waals surface area contributed by atoms with Gasteiger partial charge in [0.25, 0.3) is 6.43 Å². The molecule has 1 rings (SSSR count). The molecule has 6 heteroatoms. The van der Waals surface area contributed by atoms with Crippen molar-refractivity contribution in [2.75, 3.05) is 5.73 Å². The number of nitrogen functional groups attached to an aromatic ring is 1. The Morgan fingerprint density at radius 2 is 2.27 bits per heavy atom. The molecule has 0 unspecified atom stereocenters. The normalized spacial score (nSPS) is 10.3. The number of nitrogens with zero attached hydrogens (tertiary/aromatic N) is 2. The van der Waals surface area contributed by atoms with Gasteiger partial charge in [0, 0.05) is 10.9 Å². The van der Waals surface area contributed by atoms with Gasteiger partial charge in [-0.05, 0) is 5.56 Å². The van der Waals surface area contributed by atoms with Crippen LogP contribution in [0.5, 0.6) is 0 Å². The van der Waals surface area contributed by atoms with E-state index in [4.69, 9.17) is 11.0 Å². The fourth-order valence-corrected chi connectivity index (χ4v) is 1.76. The Morgan fingerprint density at radius 1 is 1.60 bits per heavy atom. The molecule has 0 aromatic carbocycles. The van der Waals surface area contributed by atoms with Gasteiger partial charge in [-0.25, -0.2) is 8.78 Å². The molecule has 0 aliphatic carbocycles. The topological polar surface area (TPSA) is 62.7 Å². The van der Waals surface area contributed by atoms with E-state index in [0.717, 1.165) is 0 Å². The molecule has 3 nitrogen and oxygen atoms in total. The van der Waals surface area contributed by atoms with E-state index < -0.39 is 6.43 Å². The summed E-state index contributed by atoms with van der Waals surface area (Å²) in [5.41, 5.74) is 5.72. The molecule has 0 bridgehead atoms. The van der Waals surface area contributed by atoms with Crippen molar-refractivity contribution in [1.29, 1.82) is 5.26 Å². The van der Waals surface area contributed by atoms with Gasteiger partial charge in [-0.1, -0.05) is 15.9 Å². The Kier molecular flexibility index (Phi) is 3.97. The van der Waals surface area contributed by atoms with E-state index >= 15 is 0 Å². The highest BCUT2D eigenvalue weighted by Gasteiger charge is 2.19. The molecule has 15 heavy (non-hydrogen) atoms. The Labute approximate surface area is 94.0 Å². The predicted molar refractivity (Wildman–Crippen MR) is 55.6 cm³/mol. The van der Waals surface area contributed by atoms with Crippen LogP contribution in [0.25, 0.3) is 0 Å². The van der Waals surface area contributed by atoms with Crippen molar-refractivity contribution in [2.45, 2.75) is 18.2 Å². The molecule has 0 aliphatic rings. The van der Waals surface area contributed by atoms with Crippen molar-refractivity contribution >= 4 is 21.6 Å². The van der Waals surface area contributed by atoms with Gasteiger partial charge in [0.2, 0.25) is 0 Å². The second-order valence-electron chi connectivity index (χ2n) is 2.82. The summed E-state index contributed by atoms with van der Waals surface area (Å²) >= 11 is 3.13. The van der Waals surface area contributed by atoms with E-state index in [1.807, 2.05) is 6.07 Å². The number of rotatable bonds is 3. The second-order valence-corrected chi connectivity index (χ2v) is 3.38. The second kappa shape index (κ2) is 5.03. The highest BCUT2D eigenvalue weighted by Crippen LogP contribution is 2.30. The van der Waals surface area contributed by atoms with Gasteiger partial charge in [0.05, 0.1) is 30.1 Å². The van der Waals surface area contributed by atoms with E-state index in [9.17, 15) is 8.78 Å². The van der Waals surface area contributed by atoms with E-state index in [1.165, 1.54) is 6.20 Å². The molecular weight excluding hydrogens is 268 g/mol. The lowest BCUT2D eigenvalue weighted by Crippen LogP contribution is -2.06. The summed E-state index contributed by atoms with van der Waals surface area (Å²) < 4.78 is 25.4. The average molecular weight is 276 g/mol. The number of nitriles is 1. The number of anilines is 1.